The van der Waals surface area contributed by atoms with Gasteiger partial charge in [0.1, 0.15) is 17.1 Å². The van der Waals surface area contributed by atoms with Crippen LogP contribution < -0.4 is 9.16 Å². The molecule has 186 valence electrons. The zero-order valence-electron chi connectivity index (χ0n) is 22.7. The predicted molar refractivity (Wildman–Crippen MR) is 150 cm³/mol. The van der Waals surface area contributed by atoms with Gasteiger partial charge in [0.05, 0.1) is 5.69 Å². The van der Waals surface area contributed by atoms with Gasteiger partial charge in [-0.2, -0.15) is 0 Å². The number of aryl methyl sites for hydroxylation is 1. The van der Waals surface area contributed by atoms with E-state index in [2.05, 4.69) is 89.0 Å². The first kappa shape index (κ1) is 26.6. The van der Waals surface area contributed by atoms with Crippen molar-refractivity contribution in [2.24, 2.45) is 5.11 Å². The maximum atomic E-state index is 9.35. The molecule has 1 heterocycles. The number of rotatable bonds is 7. The third-order valence-corrected chi connectivity index (χ3v) is 11.5. The van der Waals surface area contributed by atoms with Crippen molar-refractivity contribution < 1.29 is 9.16 Å². The first-order chi connectivity index (χ1) is 16.3. The van der Waals surface area contributed by atoms with Gasteiger partial charge in [-0.1, -0.05) is 55.7 Å². The predicted octanol–water partition coefficient (Wildman–Crippen LogP) is 9.90. The van der Waals surface area contributed by atoms with E-state index in [-0.39, 0.29) is 5.04 Å². The van der Waals surface area contributed by atoms with Gasteiger partial charge in [-0.25, -0.2) is 0 Å². The van der Waals surface area contributed by atoms with Crippen molar-refractivity contribution in [3.8, 4) is 22.6 Å². The highest BCUT2D eigenvalue weighted by atomic mass is 28.4. The quantitative estimate of drug-likeness (QED) is 0.128. The number of nitrogens with zero attached hydrogens (tertiary/aromatic N) is 3. The van der Waals surface area contributed by atoms with E-state index < -0.39 is 13.9 Å². The molecule has 1 atom stereocenters. The molecule has 0 aliphatic carbocycles. The Morgan fingerprint density at radius 2 is 1.86 bits per heavy atom. The summed E-state index contributed by atoms with van der Waals surface area (Å²) < 4.78 is 12.9. The van der Waals surface area contributed by atoms with E-state index in [0.29, 0.717) is 5.69 Å². The largest absolute Gasteiger partial charge is 0.544 e. The summed E-state index contributed by atoms with van der Waals surface area (Å²) in [6.45, 7) is 19.6. The molecule has 0 bridgehead atoms. The van der Waals surface area contributed by atoms with Crippen LogP contribution in [-0.4, -0.2) is 13.9 Å². The summed E-state index contributed by atoms with van der Waals surface area (Å²) in [5, 5.41) is 4.23. The van der Waals surface area contributed by atoms with Gasteiger partial charge in [0.25, 0.3) is 0 Å². The van der Waals surface area contributed by atoms with E-state index in [1.54, 1.807) is 0 Å². The van der Waals surface area contributed by atoms with Crippen LogP contribution in [0.5, 0.6) is 11.5 Å². The minimum Gasteiger partial charge on any atom is -0.544 e. The molecule has 0 saturated carbocycles. The fourth-order valence-electron chi connectivity index (χ4n) is 3.94. The normalized spacial score (nSPS) is 17.2. The Labute approximate surface area is 211 Å². The fourth-order valence-corrected chi connectivity index (χ4v) is 4.97. The summed E-state index contributed by atoms with van der Waals surface area (Å²) in [7, 11) is -1.92. The third kappa shape index (κ3) is 6.00. The van der Waals surface area contributed by atoms with Gasteiger partial charge in [-0.05, 0) is 105 Å². The molecule has 1 aliphatic heterocycles. The Kier molecular flexibility index (Phi) is 7.58. The molecule has 0 fully saturated rings. The topological polar surface area (TPSA) is 67.2 Å². The molecule has 0 radical (unpaired) electrons. The van der Waals surface area contributed by atoms with Gasteiger partial charge >= 0.3 is 0 Å². The van der Waals surface area contributed by atoms with Gasteiger partial charge in [-0.3, -0.25) is 0 Å². The molecule has 0 spiro atoms. The Bertz CT molecular complexity index is 1200. The van der Waals surface area contributed by atoms with Gasteiger partial charge in [0.15, 0.2) is 0 Å². The number of fused-ring (bicyclic) bond motifs is 1. The Morgan fingerprint density at radius 1 is 1.20 bits per heavy atom. The molecule has 1 unspecified atom stereocenters. The Balaban J connectivity index is 1.98. The first-order valence-corrected chi connectivity index (χ1v) is 15.2. The Hall–Kier alpha value is -2.95. The van der Waals surface area contributed by atoms with Crippen LogP contribution in [0.3, 0.4) is 0 Å². The van der Waals surface area contributed by atoms with Gasteiger partial charge in [0, 0.05) is 10.5 Å². The van der Waals surface area contributed by atoms with E-state index >= 15 is 0 Å². The highest BCUT2D eigenvalue weighted by molar-refractivity contribution is 6.74. The summed E-state index contributed by atoms with van der Waals surface area (Å²) in [4.78, 5) is 3.14. The fraction of sp³-hybridized carbons (Fsp3) is 0.448. The average Bonchev–Trinajstić information content (AvgIpc) is 2.75. The number of benzene rings is 2. The lowest BCUT2D eigenvalue weighted by Crippen LogP contribution is -2.43. The second kappa shape index (κ2) is 9.96. The SMILES string of the molecule is CC(C)=CCCC1(C)C=Cc2c(N=[N+]=[N-])c(-c3ccc(O[Si](C)(C)C(C)(C)C)cc3)cc(C)c2O1. The minimum absolute atomic E-state index is 0.127. The lowest BCUT2D eigenvalue weighted by molar-refractivity contribution is 0.128. The maximum Gasteiger partial charge on any atom is 0.250 e. The summed E-state index contributed by atoms with van der Waals surface area (Å²) >= 11 is 0. The van der Waals surface area contributed by atoms with Gasteiger partial charge in [0.2, 0.25) is 8.32 Å². The zero-order valence-corrected chi connectivity index (χ0v) is 23.7. The Morgan fingerprint density at radius 3 is 2.43 bits per heavy atom. The number of ether oxygens (including phenoxy) is 1. The first-order valence-electron chi connectivity index (χ1n) is 12.3. The van der Waals surface area contributed by atoms with Crippen LogP contribution in [0.1, 0.15) is 65.5 Å². The summed E-state index contributed by atoms with van der Waals surface area (Å²) in [6, 6.07) is 10.2. The number of allylic oxidation sites excluding steroid dienone is 2. The van der Waals surface area contributed by atoms with E-state index in [9.17, 15) is 5.53 Å². The van der Waals surface area contributed by atoms with Crippen molar-refractivity contribution in [3.63, 3.8) is 0 Å². The van der Waals surface area contributed by atoms with E-state index in [0.717, 1.165) is 46.6 Å². The van der Waals surface area contributed by atoms with Crippen molar-refractivity contribution in [2.75, 3.05) is 0 Å². The lowest BCUT2D eigenvalue weighted by Gasteiger charge is -2.36. The maximum absolute atomic E-state index is 9.35. The van der Waals surface area contributed by atoms with E-state index in [1.807, 2.05) is 31.2 Å². The molecular formula is C29H39N3O2Si. The summed E-state index contributed by atoms with van der Waals surface area (Å²) in [5.74, 6) is 1.66. The molecule has 0 amide bonds. The molecule has 0 aromatic heterocycles. The third-order valence-electron chi connectivity index (χ3n) is 7.09. The van der Waals surface area contributed by atoms with Crippen molar-refractivity contribution in [1.82, 2.24) is 0 Å². The molecule has 5 nitrogen and oxygen atoms in total. The molecule has 2 aromatic carbocycles. The van der Waals surface area contributed by atoms with Crippen LogP contribution in [0.25, 0.3) is 27.6 Å². The highest BCUT2D eigenvalue weighted by Gasteiger charge is 2.39. The van der Waals surface area contributed by atoms with Crippen LogP contribution in [-0.2, 0) is 0 Å². The molecular weight excluding hydrogens is 450 g/mol. The molecule has 6 heteroatoms. The van der Waals surface area contributed by atoms with E-state index in [4.69, 9.17) is 9.16 Å². The molecule has 0 N–H and O–H groups in total. The molecule has 3 rings (SSSR count). The van der Waals surface area contributed by atoms with E-state index in [1.165, 1.54) is 5.57 Å². The number of hydrogen-bond donors (Lipinski definition) is 0. The van der Waals surface area contributed by atoms with Crippen LogP contribution >= 0.6 is 0 Å². The van der Waals surface area contributed by atoms with Gasteiger partial charge in [-0.15, -0.1) is 0 Å². The second-order valence-corrected chi connectivity index (χ2v) is 16.2. The molecule has 1 aliphatic rings. The smallest absolute Gasteiger partial charge is 0.250 e. The van der Waals surface area contributed by atoms with Crippen molar-refractivity contribution >= 4 is 20.1 Å². The van der Waals surface area contributed by atoms with Crippen LogP contribution in [0.15, 0.2) is 53.2 Å². The summed E-state index contributed by atoms with van der Waals surface area (Å²) in [6.07, 6.45) is 8.20. The molecule has 2 aromatic rings. The summed E-state index contributed by atoms with van der Waals surface area (Å²) in [5.41, 5.74) is 14.6. The van der Waals surface area contributed by atoms with Crippen LogP contribution in [0.2, 0.25) is 18.1 Å². The zero-order chi connectivity index (χ0) is 26.0. The lowest BCUT2D eigenvalue weighted by atomic mass is 9.90. The standard InChI is InChI=1S/C29H39N3O2Si/c1-20(2)11-10-17-29(7)18-16-24-26(31-32-30)25(19-21(3)27(24)33-29)22-12-14-23(15-13-22)34-35(8,9)28(4,5)6/h11-16,18-19H,10,17H2,1-9H3. The van der Waals surface area contributed by atoms with Crippen LogP contribution in [0.4, 0.5) is 5.69 Å². The van der Waals surface area contributed by atoms with Crippen molar-refractivity contribution in [1.29, 1.82) is 0 Å². The van der Waals surface area contributed by atoms with Gasteiger partial charge < -0.3 is 9.16 Å². The minimum atomic E-state index is -1.92. The number of azide groups is 1. The van der Waals surface area contributed by atoms with Crippen molar-refractivity contribution in [3.05, 3.63) is 69.6 Å². The monoisotopic (exact) mass is 489 g/mol. The average molecular weight is 490 g/mol. The molecule has 35 heavy (non-hydrogen) atoms. The highest BCUT2D eigenvalue weighted by Crippen LogP contribution is 2.46. The van der Waals surface area contributed by atoms with Crippen LogP contribution in [0, 0.1) is 6.92 Å². The number of hydrogen-bond acceptors (Lipinski definition) is 3. The molecule has 0 saturated heterocycles. The van der Waals surface area contributed by atoms with Crippen molar-refractivity contribution in [2.45, 2.75) is 85.0 Å². The second-order valence-electron chi connectivity index (χ2n) is 11.5.